The summed E-state index contributed by atoms with van der Waals surface area (Å²) in [5.41, 5.74) is 0. The Balaban J connectivity index is 4.76. The number of hydrogen-bond acceptors (Lipinski definition) is 4. The van der Waals surface area contributed by atoms with Crippen molar-refractivity contribution in [1.82, 2.24) is 9.03 Å². The van der Waals surface area contributed by atoms with Gasteiger partial charge in [0.1, 0.15) is 13.1 Å². The van der Waals surface area contributed by atoms with E-state index in [0.717, 1.165) is 0 Å². The third kappa shape index (κ3) is 5.30. The van der Waals surface area contributed by atoms with Crippen molar-refractivity contribution in [2.75, 3.05) is 19.6 Å². The third-order valence-electron chi connectivity index (χ3n) is 1.29. The van der Waals surface area contributed by atoms with Crippen molar-refractivity contribution >= 4 is 22.1 Å². The van der Waals surface area contributed by atoms with E-state index in [1.807, 2.05) is 4.72 Å². The van der Waals surface area contributed by atoms with Crippen LogP contribution in [0.25, 0.3) is 0 Å². The highest BCUT2D eigenvalue weighted by Crippen LogP contribution is 1.97. The molecule has 0 aromatic carbocycles. The van der Waals surface area contributed by atoms with Crippen molar-refractivity contribution in [3.63, 3.8) is 0 Å². The first-order valence-electron chi connectivity index (χ1n) is 3.98. The molecule has 0 unspecified atom stereocenters. The molecule has 88 valence electrons. The molecule has 0 spiro atoms. The summed E-state index contributed by atoms with van der Waals surface area (Å²) < 4.78 is 24.9. The molecule has 0 fully saturated rings. The Morgan fingerprint density at radius 3 is 1.87 bits per heavy atom. The summed E-state index contributed by atoms with van der Waals surface area (Å²) in [6, 6.07) is 0. The number of carbonyl (C=O) groups is 2. The van der Waals surface area contributed by atoms with Gasteiger partial charge in [-0.05, 0) is 0 Å². The zero-order chi connectivity index (χ0) is 12.1. The molecule has 0 aliphatic rings. The van der Waals surface area contributed by atoms with Crippen LogP contribution in [0.1, 0.15) is 6.92 Å². The van der Waals surface area contributed by atoms with E-state index in [-0.39, 0.29) is 6.54 Å². The molecule has 0 amide bonds. The minimum Gasteiger partial charge on any atom is -0.480 e. The molecule has 3 N–H and O–H groups in total. The predicted molar refractivity (Wildman–Crippen MR) is 49.4 cm³/mol. The van der Waals surface area contributed by atoms with Crippen molar-refractivity contribution in [1.29, 1.82) is 0 Å². The molecule has 0 aliphatic heterocycles. The quantitative estimate of drug-likeness (QED) is 0.488. The molecule has 9 heteroatoms. The van der Waals surface area contributed by atoms with E-state index >= 15 is 0 Å². The standard InChI is InChI=1S/C6H12N2O6S/c1-2-7-15(13,14)8(3-5(9)10)4-6(11)12/h7H,2-4H2,1H3,(H,9,10)(H,11,12). The highest BCUT2D eigenvalue weighted by Gasteiger charge is 2.25. The second-order valence-electron chi connectivity index (χ2n) is 2.56. The molecular formula is C6H12N2O6S. The van der Waals surface area contributed by atoms with Gasteiger partial charge in [-0.2, -0.15) is 12.7 Å². The Morgan fingerprint density at radius 1 is 1.20 bits per heavy atom. The van der Waals surface area contributed by atoms with E-state index in [1.54, 1.807) is 0 Å². The molecule has 0 atom stereocenters. The van der Waals surface area contributed by atoms with Gasteiger partial charge in [0.2, 0.25) is 0 Å². The summed E-state index contributed by atoms with van der Waals surface area (Å²) in [5, 5.41) is 16.8. The molecule has 0 bridgehead atoms. The minimum absolute atomic E-state index is 0.0536. The van der Waals surface area contributed by atoms with E-state index in [0.29, 0.717) is 4.31 Å². The van der Waals surface area contributed by atoms with Gasteiger partial charge in [-0.1, -0.05) is 6.92 Å². The molecule has 0 saturated carbocycles. The molecule has 0 saturated heterocycles. The van der Waals surface area contributed by atoms with Crippen molar-refractivity contribution in [2.45, 2.75) is 6.92 Å². The lowest BCUT2D eigenvalue weighted by atomic mass is 10.6. The van der Waals surface area contributed by atoms with E-state index in [2.05, 4.69) is 0 Å². The number of carboxylic acid groups (broad SMARTS) is 2. The average Bonchev–Trinajstić information content (AvgIpc) is 2.00. The average molecular weight is 240 g/mol. The fourth-order valence-corrected chi connectivity index (χ4v) is 1.91. The van der Waals surface area contributed by atoms with Crippen LogP contribution >= 0.6 is 0 Å². The van der Waals surface area contributed by atoms with Gasteiger partial charge in [0.25, 0.3) is 10.2 Å². The summed E-state index contributed by atoms with van der Waals surface area (Å²) in [6.45, 7) is -0.224. The second kappa shape index (κ2) is 5.63. The molecule has 8 nitrogen and oxygen atoms in total. The van der Waals surface area contributed by atoms with Crippen LogP contribution in [0.4, 0.5) is 0 Å². The number of nitrogens with one attached hydrogen (secondary N) is 1. The molecule has 0 aromatic heterocycles. The summed E-state index contributed by atoms with van der Waals surface area (Å²) in [7, 11) is -4.04. The maximum absolute atomic E-state index is 11.3. The number of carboxylic acids is 2. The van der Waals surface area contributed by atoms with Crippen molar-refractivity contribution in [2.24, 2.45) is 0 Å². The summed E-state index contributed by atoms with van der Waals surface area (Å²) in [4.78, 5) is 20.6. The van der Waals surface area contributed by atoms with E-state index in [9.17, 15) is 18.0 Å². The Hall–Kier alpha value is -1.19. The Kier molecular flexibility index (Phi) is 5.19. The van der Waals surface area contributed by atoms with Gasteiger partial charge in [0.15, 0.2) is 0 Å². The highest BCUT2D eigenvalue weighted by atomic mass is 32.2. The van der Waals surface area contributed by atoms with Gasteiger partial charge in [-0.3, -0.25) is 9.59 Å². The van der Waals surface area contributed by atoms with Crippen LogP contribution in [0, 0.1) is 0 Å². The van der Waals surface area contributed by atoms with Crippen LogP contribution in [-0.4, -0.2) is 54.5 Å². The number of nitrogens with zero attached hydrogens (tertiary/aromatic N) is 1. The van der Waals surface area contributed by atoms with Crippen LogP contribution in [0.2, 0.25) is 0 Å². The topological polar surface area (TPSA) is 124 Å². The van der Waals surface area contributed by atoms with Crippen LogP contribution < -0.4 is 4.72 Å². The van der Waals surface area contributed by atoms with Gasteiger partial charge >= 0.3 is 11.9 Å². The number of rotatable bonds is 7. The van der Waals surface area contributed by atoms with Crippen molar-refractivity contribution < 1.29 is 28.2 Å². The molecule has 0 aromatic rings. The van der Waals surface area contributed by atoms with Crippen LogP contribution in [-0.2, 0) is 19.8 Å². The normalized spacial score (nSPS) is 11.6. The maximum Gasteiger partial charge on any atom is 0.318 e. The van der Waals surface area contributed by atoms with Crippen LogP contribution in [0.15, 0.2) is 0 Å². The molecule has 0 heterocycles. The summed E-state index contributed by atoms with van der Waals surface area (Å²) in [5.74, 6) is -2.84. The Bertz CT molecular complexity index is 322. The monoisotopic (exact) mass is 240 g/mol. The SMILES string of the molecule is CCNS(=O)(=O)N(CC(=O)O)CC(=O)O. The molecular weight excluding hydrogens is 228 g/mol. The fraction of sp³-hybridized carbons (Fsp3) is 0.667. The zero-order valence-electron chi connectivity index (χ0n) is 8.00. The van der Waals surface area contributed by atoms with Crippen LogP contribution in [0.3, 0.4) is 0 Å². The van der Waals surface area contributed by atoms with Gasteiger partial charge < -0.3 is 10.2 Å². The molecule has 0 rings (SSSR count). The first kappa shape index (κ1) is 13.8. The first-order chi connectivity index (χ1) is 6.79. The van der Waals surface area contributed by atoms with E-state index in [1.165, 1.54) is 6.92 Å². The minimum atomic E-state index is -4.04. The lowest BCUT2D eigenvalue weighted by molar-refractivity contribution is -0.139. The van der Waals surface area contributed by atoms with Gasteiger partial charge in [0.05, 0.1) is 0 Å². The maximum atomic E-state index is 11.3. The Labute approximate surface area is 86.7 Å². The highest BCUT2D eigenvalue weighted by molar-refractivity contribution is 7.87. The van der Waals surface area contributed by atoms with Gasteiger partial charge in [-0.15, -0.1) is 0 Å². The number of aliphatic carboxylic acids is 2. The summed E-state index contributed by atoms with van der Waals surface area (Å²) >= 11 is 0. The van der Waals surface area contributed by atoms with E-state index < -0.39 is 35.2 Å². The van der Waals surface area contributed by atoms with Crippen molar-refractivity contribution in [3.8, 4) is 0 Å². The molecule has 15 heavy (non-hydrogen) atoms. The smallest absolute Gasteiger partial charge is 0.318 e. The third-order valence-corrected chi connectivity index (χ3v) is 2.88. The first-order valence-corrected chi connectivity index (χ1v) is 5.42. The second-order valence-corrected chi connectivity index (χ2v) is 4.31. The zero-order valence-corrected chi connectivity index (χ0v) is 8.82. The lowest BCUT2D eigenvalue weighted by Gasteiger charge is -2.17. The molecule has 0 aliphatic carbocycles. The van der Waals surface area contributed by atoms with Gasteiger partial charge in [0, 0.05) is 6.54 Å². The lowest BCUT2D eigenvalue weighted by Crippen LogP contribution is -2.45. The van der Waals surface area contributed by atoms with E-state index in [4.69, 9.17) is 10.2 Å². The summed E-state index contributed by atoms with van der Waals surface area (Å²) in [6.07, 6.45) is 0. The number of hydrogen-bond donors (Lipinski definition) is 3. The Morgan fingerprint density at radius 2 is 1.60 bits per heavy atom. The van der Waals surface area contributed by atoms with Crippen molar-refractivity contribution in [3.05, 3.63) is 0 Å². The predicted octanol–water partition coefficient (Wildman–Crippen LogP) is -1.69. The fourth-order valence-electron chi connectivity index (χ4n) is 0.801. The molecule has 0 radical (unpaired) electrons. The van der Waals surface area contributed by atoms with Gasteiger partial charge in [-0.25, -0.2) is 4.72 Å². The largest absolute Gasteiger partial charge is 0.480 e. The van der Waals surface area contributed by atoms with Crippen LogP contribution in [0.5, 0.6) is 0 Å².